The normalized spacial score (nSPS) is 10.5. The Balaban J connectivity index is 1.74. The van der Waals surface area contributed by atoms with Gasteiger partial charge in [0, 0.05) is 18.7 Å². The molecule has 0 saturated heterocycles. The van der Waals surface area contributed by atoms with Crippen molar-refractivity contribution >= 4 is 11.8 Å². The van der Waals surface area contributed by atoms with Crippen LogP contribution in [0.4, 0.5) is 0 Å². The summed E-state index contributed by atoms with van der Waals surface area (Å²) in [6.07, 6.45) is -0.127. The van der Waals surface area contributed by atoms with Crippen LogP contribution in [0.5, 0.6) is 17.2 Å². The monoisotopic (exact) mass is 462 g/mol. The van der Waals surface area contributed by atoms with Gasteiger partial charge in [-0.05, 0) is 67.4 Å². The molecule has 2 N–H and O–H groups in total. The molecular weight excluding hydrogens is 432 g/mol. The Morgan fingerprint density at radius 1 is 0.765 bits per heavy atom. The Morgan fingerprint density at radius 2 is 1.32 bits per heavy atom. The summed E-state index contributed by atoms with van der Waals surface area (Å²) in [4.78, 5) is 25.8. The van der Waals surface area contributed by atoms with Crippen LogP contribution >= 0.6 is 0 Å². The van der Waals surface area contributed by atoms with Crippen LogP contribution < -0.4 is 24.8 Å². The van der Waals surface area contributed by atoms with Crippen LogP contribution in [-0.2, 0) is 13.1 Å². The van der Waals surface area contributed by atoms with Crippen LogP contribution in [0.2, 0.25) is 0 Å². The summed E-state index contributed by atoms with van der Waals surface area (Å²) in [5.41, 5.74) is 2.46. The molecule has 178 valence electrons. The molecule has 3 aromatic carbocycles. The van der Waals surface area contributed by atoms with E-state index >= 15 is 0 Å². The van der Waals surface area contributed by atoms with E-state index in [1.165, 1.54) is 0 Å². The third-order valence-electron chi connectivity index (χ3n) is 5.02. The number of benzene rings is 3. The molecule has 0 heterocycles. The second-order valence-electron chi connectivity index (χ2n) is 7.95. The summed E-state index contributed by atoms with van der Waals surface area (Å²) >= 11 is 0. The molecule has 3 aromatic rings. The van der Waals surface area contributed by atoms with Crippen LogP contribution in [-0.4, -0.2) is 32.1 Å². The van der Waals surface area contributed by atoms with E-state index in [-0.39, 0.29) is 17.9 Å². The molecule has 34 heavy (non-hydrogen) atoms. The van der Waals surface area contributed by atoms with Gasteiger partial charge in [-0.25, -0.2) is 0 Å². The third-order valence-corrected chi connectivity index (χ3v) is 5.02. The standard InChI is InChI=1S/C27H30N2O5/c1-18(2)34-25-12-11-21(26(30)28-16-19-7-5-9-22(13-19)32-3)15-24(25)27(31)29-17-20-8-6-10-23(14-20)33-4/h5-15,18H,16-17H2,1-4H3,(H,28,30)(H,29,31). The van der Waals surface area contributed by atoms with Gasteiger partial charge in [-0.2, -0.15) is 0 Å². The molecule has 0 atom stereocenters. The number of carbonyl (C=O) groups is 2. The fourth-order valence-corrected chi connectivity index (χ4v) is 3.33. The third kappa shape index (κ3) is 6.75. The SMILES string of the molecule is COc1cccc(CNC(=O)c2ccc(OC(C)C)c(C(=O)NCc3cccc(OC)c3)c2)c1. The van der Waals surface area contributed by atoms with Gasteiger partial charge in [0.15, 0.2) is 0 Å². The van der Waals surface area contributed by atoms with Crippen LogP contribution in [0.3, 0.4) is 0 Å². The Kier molecular flexibility index (Phi) is 8.51. The highest BCUT2D eigenvalue weighted by atomic mass is 16.5. The number of rotatable bonds is 10. The average Bonchev–Trinajstić information content (AvgIpc) is 2.86. The molecule has 3 rings (SSSR count). The van der Waals surface area contributed by atoms with E-state index in [1.54, 1.807) is 32.4 Å². The number of nitrogens with one attached hydrogen (secondary N) is 2. The molecule has 0 aromatic heterocycles. The van der Waals surface area contributed by atoms with Crippen molar-refractivity contribution in [1.29, 1.82) is 0 Å². The number of amides is 2. The lowest BCUT2D eigenvalue weighted by molar-refractivity contribution is 0.0945. The minimum absolute atomic E-state index is 0.127. The van der Waals surface area contributed by atoms with Gasteiger partial charge in [0.2, 0.25) is 0 Å². The average molecular weight is 463 g/mol. The Bertz CT molecular complexity index is 1140. The first-order valence-corrected chi connectivity index (χ1v) is 11.0. The largest absolute Gasteiger partial charge is 0.497 e. The molecule has 0 spiro atoms. The zero-order valence-electron chi connectivity index (χ0n) is 19.9. The van der Waals surface area contributed by atoms with Crippen LogP contribution in [0.25, 0.3) is 0 Å². The highest BCUT2D eigenvalue weighted by Crippen LogP contribution is 2.22. The number of methoxy groups -OCH3 is 2. The van der Waals surface area contributed by atoms with E-state index in [0.29, 0.717) is 35.7 Å². The van der Waals surface area contributed by atoms with E-state index < -0.39 is 0 Å². The van der Waals surface area contributed by atoms with Crippen molar-refractivity contribution in [2.24, 2.45) is 0 Å². The first kappa shape index (κ1) is 24.6. The zero-order chi connectivity index (χ0) is 24.5. The molecule has 7 nitrogen and oxygen atoms in total. The Morgan fingerprint density at radius 3 is 1.85 bits per heavy atom. The Labute approximate surface area is 200 Å². The van der Waals surface area contributed by atoms with E-state index in [9.17, 15) is 9.59 Å². The second-order valence-corrected chi connectivity index (χ2v) is 7.95. The Hall–Kier alpha value is -4.00. The predicted molar refractivity (Wildman–Crippen MR) is 131 cm³/mol. The van der Waals surface area contributed by atoms with Crippen molar-refractivity contribution < 1.29 is 23.8 Å². The molecule has 0 unspecified atom stereocenters. The second kappa shape index (κ2) is 11.7. The summed E-state index contributed by atoms with van der Waals surface area (Å²) in [6.45, 7) is 4.40. The quantitative estimate of drug-likeness (QED) is 0.468. The van der Waals surface area contributed by atoms with Gasteiger partial charge in [-0.15, -0.1) is 0 Å². The van der Waals surface area contributed by atoms with Gasteiger partial charge < -0.3 is 24.8 Å². The van der Waals surface area contributed by atoms with Gasteiger partial charge in [0.25, 0.3) is 11.8 Å². The van der Waals surface area contributed by atoms with Gasteiger partial charge in [0.1, 0.15) is 17.2 Å². The maximum absolute atomic E-state index is 13.0. The lowest BCUT2D eigenvalue weighted by Crippen LogP contribution is -2.26. The minimum Gasteiger partial charge on any atom is -0.497 e. The predicted octanol–water partition coefficient (Wildman–Crippen LogP) is 4.35. The summed E-state index contributed by atoms with van der Waals surface area (Å²) in [6, 6.07) is 19.8. The lowest BCUT2D eigenvalue weighted by Gasteiger charge is -2.16. The number of hydrogen-bond acceptors (Lipinski definition) is 5. The van der Waals surface area contributed by atoms with E-state index in [2.05, 4.69) is 10.6 Å². The number of hydrogen-bond donors (Lipinski definition) is 2. The van der Waals surface area contributed by atoms with Crippen LogP contribution in [0.15, 0.2) is 66.7 Å². The number of ether oxygens (including phenoxy) is 3. The smallest absolute Gasteiger partial charge is 0.255 e. The number of carbonyl (C=O) groups excluding carboxylic acids is 2. The van der Waals surface area contributed by atoms with E-state index in [1.807, 2.05) is 62.4 Å². The fraction of sp³-hybridized carbons (Fsp3) is 0.259. The van der Waals surface area contributed by atoms with Crippen molar-refractivity contribution in [3.05, 3.63) is 89.0 Å². The maximum Gasteiger partial charge on any atom is 0.255 e. The van der Waals surface area contributed by atoms with Crippen molar-refractivity contribution in [3.63, 3.8) is 0 Å². The lowest BCUT2D eigenvalue weighted by atomic mass is 10.1. The summed E-state index contributed by atoms with van der Waals surface area (Å²) in [5, 5.41) is 5.78. The fourth-order valence-electron chi connectivity index (χ4n) is 3.33. The van der Waals surface area contributed by atoms with Crippen LogP contribution in [0.1, 0.15) is 45.7 Å². The van der Waals surface area contributed by atoms with Crippen molar-refractivity contribution in [2.75, 3.05) is 14.2 Å². The molecule has 0 fully saturated rings. The molecule has 0 saturated carbocycles. The van der Waals surface area contributed by atoms with Crippen molar-refractivity contribution in [1.82, 2.24) is 10.6 Å². The van der Waals surface area contributed by atoms with Gasteiger partial charge in [-0.3, -0.25) is 9.59 Å². The topological polar surface area (TPSA) is 85.9 Å². The first-order chi connectivity index (χ1) is 16.4. The molecular formula is C27H30N2O5. The van der Waals surface area contributed by atoms with Gasteiger partial charge in [-0.1, -0.05) is 24.3 Å². The van der Waals surface area contributed by atoms with Crippen LogP contribution in [0, 0.1) is 0 Å². The first-order valence-electron chi connectivity index (χ1n) is 11.0. The van der Waals surface area contributed by atoms with Gasteiger partial charge >= 0.3 is 0 Å². The molecule has 0 aliphatic heterocycles. The maximum atomic E-state index is 13.0. The molecule has 0 bridgehead atoms. The molecule has 7 heteroatoms. The summed E-state index contributed by atoms with van der Waals surface area (Å²) in [5.74, 6) is 1.23. The molecule has 2 amide bonds. The van der Waals surface area contributed by atoms with Crippen molar-refractivity contribution in [3.8, 4) is 17.2 Å². The van der Waals surface area contributed by atoms with E-state index in [4.69, 9.17) is 14.2 Å². The molecule has 0 aliphatic carbocycles. The summed E-state index contributed by atoms with van der Waals surface area (Å²) < 4.78 is 16.3. The zero-order valence-corrected chi connectivity index (χ0v) is 19.9. The highest BCUT2D eigenvalue weighted by Gasteiger charge is 2.17. The van der Waals surface area contributed by atoms with Gasteiger partial charge in [0.05, 0.1) is 25.9 Å². The van der Waals surface area contributed by atoms with E-state index in [0.717, 1.165) is 16.9 Å². The molecule has 0 aliphatic rings. The van der Waals surface area contributed by atoms with Crippen molar-refractivity contribution in [2.45, 2.75) is 33.0 Å². The summed E-state index contributed by atoms with van der Waals surface area (Å²) in [7, 11) is 3.19. The minimum atomic E-state index is -0.332. The molecule has 0 radical (unpaired) electrons. The highest BCUT2D eigenvalue weighted by molar-refractivity contribution is 6.01.